The second-order valence-corrected chi connectivity index (χ2v) is 14.4. The van der Waals surface area contributed by atoms with E-state index < -0.39 is 0 Å². The van der Waals surface area contributed by atoms with E-state index >= 15 is 0 Å². The van der Waals surface area contributed by atoms with Gasteiger partial charge in [-0.2, -0.15) is 0 Å². The summed E-state index contributed by atoms with van der Waals surface area (Å²) < 4.78 is 6.14. The topological polar surface area (TPSA) is 90.5 Å². The highest BCUT2D eigenvalue weighted by molar-refractivity contribution is 6.03. The Hall–Kier alpha value is -8.16. The number of benzene rings is 7. The predicted molar refractivity (Wildman–Crippen MR) is 236 cm³/mol. The maximum Gasteiger partial charge on any atom is 0.172 e. The number of furan rings is 1. The summed E-state index contributed by atoms with van der Waals surface area (Å²) in [4.78, 5) is 29.1. The summed E-state index contributed by atoms with van der Waals surface area (Å²) in [7, 11) is 0. The maximum absolute atomic E-state index is 6.14. The largest absolute Gasteiger partial charge is 0.451 e. The molecule has 0 saturated carbocycles. The van der Waals surface area contributed by atoms with Crippen molar-refractivity contribution in [1.29, 1.82) is 0 Å². The van der Waals surface area contributed by atoms with E-state index in [1.807, 2.05) is 66.7 Å². The van der Waals surface area contributed by atoms with E-state index in [-0.39, 0.29) is 0 Å². The van der Waals surface area contributed by atoms with Crippen LogP contribution in [0.25, 0.3) is 112 Å². The molecule has 0 N–H and O–H groups in total. The van der Waals surface area contributed by atoms with Crippen molar-refractivity contribution in [1.82, 2.24) is 29.9 Å². The van der Waals surface area contributed by atoms with Crippen LogP contribution in [0.4, 0.5) is 0 Å². The van der Waals surface area contributed by atoms with Crippen molar-refractivity contribution in [2.45, 2.75) is 0 Å². The van der Waals surface area contributed by atoms with Gasteiger partial charge in [0, 0.05) is 27.8 Å². The van der Waals surface area contributed by atoms with Crippen LogP contribution in [-0.2, 0) is 0 Å². The predicted octanol–water partition coefficient (Wildman–Crippen LogP) is 12.8. The first-order valence-electron chi connectivity index (χ1n) is 19.4. The lowest BCUT2D eigenvalue weighted by atomic mass is 9.99. The Bertz CT molecular complexity index is 3240. The summed E-state index contributed by atoms with van der Waals surface area (Å²) in [6.07, 6.45) is 3.53. The Labute approximate surface area is 339 Å². The number of rotatable bonds is 7. The fourth-order valence-electron chi connectivity index (χ4n) is 7.54. The number of fused-ring (bicyclic) bond motifs is 4. The first-order valence-corrected chi connectivity index (χ1v) is 19.4. The summed E-state index contributed by atoms with van der Waals surface area (Å²) in [5.74, 6) is 2.53. The zero-order valence-corrected chi connectivity index (χ0v) is 31.6. The molecule has 0 fully saturated rings. The van der Waals surface area contributed by atoms with Crippen molar-refractivity contribution in [3.05, 3.63) is 194 Å². The molecule has 0 saturated heterocycles. The van der Waals surface area contributed by atoms with Crippen LogP contribution < -0.4 is 0 Å². The normalized spacial score (nSPS) is 11.4. The zero-order valence-electron chi connectivity index (χ0n) is 31.6. The molecule has 0 aliphatic rings. The molecule has 7 aromatic carbocycles. The molecule has 0 aliphatic carbocycles. The maximum atomic E-state index is 6.14. The summed E-state index contributed by atoms with van der Waals surface area (Å²) >= 11 is 0. The number of hydrogen-bond donors (Lipinski definition) is 0. The molecule has 0 aliphatic heterocycles. The number of aromatic nitrogens is 6. The second kappa shape index (κ2) is 14.4. The minimum Gasteiger partial charge on any atom is -0.451 e. The average Bonchev–Trinajstić information content (AvgIpc) is 3.69. The highest BCUT2D eigenvalue weighted by Gasteiger charge is 2.15. The molecular weight excluding hydrogens is 725 g/mol. The summed E-state index contributed by atoms with van der Waals surface area (Å²) in [6, 6.07) is 62.2. The quantitative estimate of drug-likeness (QED) is 0.160. The molecule has 4 heterocycles. The highest BCUT2D eigenvalue weighted by Crippen LogP contribution is 2.34. The monoisotopic (exact) mass is 756 g/mol. The van der Waals surface area contributed by atoms with Crippen LogP contribution in [0.15, 0.2) is 199 Å². The van der Waals surface area contributed by atoms with Gasteiger partial charge in [-0.3, -0.25) is 4.98 Å². The van der Waals surface area contributed by atoms with Crippen LogP contribution >= 0.6 is 0 Å². The minimum absolute atomic E-state index is 0.624. The molecule has 11 rings (SSSR count). The molecule has 11 aromatic rings. The molecule has 0 radical (unpaired) electrons. The SMILES string of the molecule is c1ccc(-c2ccc(-c3cc4c(cn3)oc3cnc(-c5ccc6ccc(-c7ccc(-c8nc(-c9ccccc9)nc(-c9ccccc9)n8)cc7)cc6c5)nc34)cc2)cc1. The van der Waals surface area contributed by atoms with Gasteiger partial charge in [0.2, 0.25) is 0 Å². The fourth-order valence-corrected chi connectivity index (χ4v) is 7.54. The van der Waals surface area contributed by atoms with Gasteiger partial charge in [-0.1, -0.05) is 164 Å². The van der Waals surface area contributed by atoms with E-state index in [9.17, 15) is 0 Å². The average molecular weight is 757 g/mol. The summed E-state index contributed by atoms with van der Waals surface area (Å²) in [6.45, 7) is 0. The van der Waals surface area contributed by atoms with Gasteiger partial charge in [0.25, 0.3) is 0 Å². The molecule has 0 atom stereocenters. The molecule has 276 valence electrons. The Balaban J connectivity index is 0.900. The molecular formula is C52H32N6O. The second-order valence-electron chi connectivity index (χ2n) is 14.4. The molecule has 4 aromatic heterocycles. The van der Waals surface area contributed by atoms with Gasteiger partial charge in [0.1, 0.15) is 5.52 Å². The van der Waals surface area contributed by atoms with E-state index in [4.69, 9.17) is 34.3 Å². The third-order valence-corrected chi connectivity index (χ3v) is 10.7. The number of pyridine rings is 1. The van der Waals surface area contributed by atoms with Crippen LogP contribution in [-0.4, -0.2) is 29.9 Å². The Morgan fingerprint density at radius 1 is 0.305 bits per heavy atom. The zero-order chi connectivity index (χ0) is 39.1. The van der Waals surface area contributed by atoms with Gasteiger partial charge in [0.15, 0.2) is 34.5 Å². The van der Waals surface area contributed by atoms with E-state index in [0.29, 0.717) is 34.5 Å². The van der Waals surface area contributed by atoms with Crippen molar-refractivity contribution in [3.63, 3.8) is 0 Å². The van der Waals surface area contributed by atoms with Crippen molar-refractivity contribution in [2.75, 3.05) is 0 Å². The van der Waals surface area contributed by atoms with Gasteiger partial charge in [0.05, 0.1) is 23.5 Å². The third-order valence-electron chi connectivity index (χ3n) is 10.7. The van der Waals surface area contributed by atoms with Crippen molar-refractivity contribution in [2.24, 2.45) is 0 Å². The first kappa shape index (κ1) is 34.1. The van der Waals surface area contributed by atoms with E-state index in [1.54, 1.807) is 12.4 Å². The minimum atomic E-state index is 0.624. The Kier molecular flexibility index (Phi) is 8.33. The van der Waals surface area contributed by atoms with Gasteiger partial charge in [-0.05, 0) is 51.2 Å². The van der Waals surface area contributed by atoms with Gasteiger partial charge in [-0.25, -0.2) is 24.9 Å². The number of hydrogen-bond acceptors (Lipinski definition) is 7. The first-order chi connectivity index (χ1) is 29.2. The molecule has 59 heavy (non-hydrogen) atoms. The van der Waals surface area contributed by atoms with Crippen LogP contribution in [0, 0.1) is 0 Å². The van der Waals surface area contributed by atoms with Crippen molar-refractivity contribution in [3.8, 4) is 79.1 Å². The van der Waals surface area contributed by atoms with Gasteiger partial charge in [-0.15, -0.1) is 0 Å². The summed E-state index contributed by atoms with van der Waals surface area (Å²) in [5.41, 5.74) is 12.2. The smallest absolute Gasteiger partial charge is 0.172 e. The molecule has 7 nitrogen and oxygen atoms in total. The van der Waals surface area contributed by atoms with Gasteiger partial charge >= 0.3 is 0 Å². The van der Waals surface area contributed by atoms with Crippen molar-refractivity contribution >= 4 is 32.8 Å². The van der Waals surface area contributed by atoms with Crippen molar-refractivity contribution < 1.29 is 4.42 Å². The van der Waals surface area contributed by atoms with E-state index in [1.165, 1.54) is 5.56 Å². The van der Waals surface area contributed by atoms with E-state index in [0.717, 1.165) is 71.9 Å². The number of nitrogens with zero attached hydrogens (tertiary/aromatic N) is 6. The molecule has 0 spiro atoms. The van der Waals surface area contributed by atoms with Gasteiger partial charge < -0.3 is 4.42 Å². The van der Waals surface area contributed by atoms with E-state index in [2.05, 4.69) is 115 Å². The third kappa shape index (κ3) is 6.56. The molecule has 0 unspecified atom stereocenters. The van der Waals surface area contributed by atoms with Crippen LogP contribution in [0.2, 0.25) is 0 Å². The standard InChI is InChI=1S/C52H32N6O/c1-4-10-33(11-5-1)34-16-22-37(23-17-34)45-30-44-46(31-53-45)59-47-32-54-49(55-48(44)47)42-27-21-36-20-26-41(28-43(36)29-42)35-18-24-40(25-19-35)52-57-50(38-12-6-2-7-13-38)56-51(58-52)39-14-8-3-9-15-39/h1-32H. The molecule has 0 amide bonds. The lowest BCUT2D eigenvalue weighted by molar-refractivity contribution is 0.664. The highest BCUT2D eigenvalue weighted by atomic mass is 16.3. The van der Waals surface area contributed by atoms with Crippen LogP contribution in [0.3, 0.4) is 0 Å². The van der Waals surface area contributed by atoms with Crippen LogP contribution in [0.1, 0.15) is 0 Å². The molecule has 0 bridgehead atoms. The lowest BCUT2D eigenvalue weighted by Crippen LogP contribution is -2.00. The lowest BCUT2D eigenvalue weighted by Gasteiger charge is -2.10. The fraction of sp³-hybridized carbons (Fsp3) is 0. The van der Waals surface area contributed by atoms with Crippen LogP contribution in [0.5, 0.6) is 0 Å². The Morgan fingerprint density at radius 2 is 0.763 bits per heavy atom. The molecule has 7 heteroatoms. The Morgan fingerprint density at radius 3 is 1.39 bits per heavy atom. The summed E-state index contributed by atoms with van der Waals surface area (Å²) in [5, 5.41) is 3.12.